The third-order valence-electron chi connectivity index (χ3n) is 6.07. The Morgan fingerprint density at radius 3 is 2.55 bits per heavy atom. The Balaban J connectivity index is 1.64. The molecule has 1 aromatic rings. The predicted octanol–water partition coefficient (Wildman–Crippen LogP) is 3.68. The number of thioether (sulfide) groups is 1. The quantitative estimate of drug-likeness (QED) is 0.508. The highest BCUT2D eigenvalue weighted by molar-refractivity contribution is 7.99. The number of ether oxygens (including phenoxy) is 1. The maximum absolute atomic E-state index is 12.5. The zero-order chi connectivity index (χ0) is 20.6. The van der Waals surface area contributed by atoms with Crippen molar-refractivity contribution < 1.29 is 14.3 Å². The molecule has 162 valence electrons. The molecule has 0 radical (unpaired) electrons. The summed E-state index contributed by atoms with van der Waals surface area (Å²) in [5.41, 5.74) is 0. The van der Waals surface area contributed by atoms with E-state index in [4.69, 9.17) is 4.74 Å². The predicted molar refractivity (Wildman–Crippen MR) is 113 cm³/mol. The lowest BCUT2D eigenvalue weighted by Crippen LogP contribution is -2.41. The Morgan fingerprint density at radius 1 is 1.10 bits per heavy atom. The molecule has 2 aliphatic rings. The minimum absolute atomic E-state index is 0.0545. The summed E-state index contributed by atoms with van der Waals surface area (Å²) in [5.74, 6) is 1.29. The van der Waals surface area contributed by atoms with Crippen molar-refractivity contribution in [2.45, 2.75) is 95.3 Å². The van der Waals surface area contributed by atoms with Crippen molar-refractivity contribution in [3.05, 3.63) is 5.82 Å². The maximum atomic E-state index is 12.5. The van der Waals surface area contributed by atoms with E-state index in [1.807, 2.05) is 0 Å². The molecule has 8 heteroatoms. The molecule has 29 heavy (non-hydrogen) atoms. The van der Waals surface area contributed by atoms with Gasteiger partial charge >= 0.3 is 5.97 Å². The second kappa shape index (κ2) is 11.0. The molecule has 0 spiro atoms. The summed E-state index contributed by atoms with van der Waals surface area (Å²) >= 11 is 1.43. The van der Waals surface area contributed by atoms with E-state index in [0.717, 1.165) is 24.4 Å². The number of rotatable bonds is 8. The Hall–Kier alpha value is -1.57. The van der Waals surface area contributed by atoms with Crippen molar-refractivity contribution in [1.82, 2.24) is 20.1 Å². The first-order chi connectivity index (χ1) is 14.1. The highest BCUT2D eigenvalue weighted by atomic mass is 32.2. The molecule has 0 bridgehead atoms. The zero-order valence-electron chi connectivity index (χ0n) is 17.7. The van der Waals surface area contributed by atoms with Crippen molar-refractivity contribution in [3.63, 3.8) is 0 Å². The first kappa shape index (κ1) is 22.1. The number of hydrogen-bond acceptors (Lipinski definition) is 6. The van der Waals surface area contributed by atoms with E-state index in [0.29, 0.717) is 30.1 Å². The lowest BCUT2D eigenvalue weighted by atomic mass is 9.86. The van der Waals surface area contributed by atoms with E-state index in [1.54, 1.807) is 6.92 Å². The summed E-state index contributed by atoms with van der Waals surface area (Å²) in [6.45, 7) is 4.38. The summed E-state index contributed by atoms with van der Waals surface area (Å²) in [5, 5.41) is 12.5. The van der Waals surface area contributed by atoms with Crippen molar-refractivity contribution >= 4 is 23.6 Å². The Bertz CT molecular complexity index is 687. The molecular formula is C21H34N4O3S. The average molecular weight is 423 g/mol. The third-order valence-corrected chi connectivity index (χ3v) is 7.02. The fourth-order valence-corrected chi connectivity index (χ4v) is 5.32. The van der Waals surface area contributed by atoms with Crippen LogP contribution in [0.15, 0.2) is 5.16 Å². The summed E-state index contributed by atoms with van der Waals surface area (Å²) in [6, 6.07) is 0.583. The van der Waals surface area contributed by atoms with Crippen LogP contribution in [0.5, 0.6) is 0 Å². The molecule has 1 N–H and O–H groups in total. The molecule has 1 amide bonds. The van der Waals surface area contributed by atoms with Gasteiger partial charge in [0.05, 0.1) is 12.4 Å². The van der Waals surface area contributed by atoms with Crippen LogP contribution < -0.4 is 5.32 Å². The number of nitrogens with one attached hydrogen (secondary N) is 1. The van der Waals surface area contributed by atoms with E-state index < -0.39 is 0 Å². The lowest BCUT2D eigenvalue weighted by molar-refractivity contribution is -0.142. The standard InChI is InChI=1S/C21H34N4O3S/c1-3-28-20(27)13-18-23-24-21(25(18)16-10-5-4-6-11-16)29-14-19(26)22-17-12-8-7-9-15(17)2/h15-17H,3-14H2,1-2H3,(H,22,26)/t15-,17-/m1/s1. The van der Waals surface area contributed by atoms with Crippen molar-refractivity contribution in [1.29, 1.82) is 0 Å². The molecule has 0 saturated heterocycles. The van der Waals surface area contributed by atoms with Gasteiger partial charge in [-0.3, -0.25) is 9.59 Å². The molecule has 1 heterocycles. The lowest BCUT2D eigenvalue weighted by Gasteiger charge is -2.29. The van der Waals surface area contributed by atoms with Gasteiger partial charge < -0.3 is 14.6 Å². The van der Waals surface area contributed by atoms with Gasteiger partial charge in [-0.05, 0) is 38.5 Å². The summed E-state index contributed by atoms with van der Waals surface area (Å²) in [7, 11) is 0. The zero-order valence-corrected chi connectivity index (χ0v) is 18.5. The highest BCUT2D eigenvalue weighted by Gasteiger charge is 2.26. The van der Waals surface area contributed by atoms with Gasteiger partial charge in [0.2, 0.25) is 5.91 Å². The van der Waals surface area contributed by atoms with Crippen LogP contribution in [-0.2, 0) is 20.7 Å². The molecule has 1 aromatic heterocycles. The van der Waals surface area contributed by atoms with Crippen LogP contribution >= 0.6 is 11.8 Å². The van der Waals surface area contributed by atoms with E-state index in [2.05, 4.69) is 27.0 Å². The molecule has 2 saturated carbocycles. The molecule has 7 nitrogen and oxygen atoms in total. The summed E-state index contributed by atoms with van der Waals surface area (Å²) in [6.07, 6.45) is 10.6. The van der Waals surface area contributed by atoms with Crippen molar-refractivity contribution in [3.8, 4) is 0 Å². The fourth-order valence-electron chi connectivity index (χ4n) is 4.48. The van der Waals surface area contributed by atoms with Crippen LogP contribution in [0.25, 0.3) is 0 Å². The average Bonchev–Trinajstić information content (AvgIpc) is 3.11. The van der Waals surface area contributed by atoms with Gasteiger partial charge in [-0.25, -0.2) is 0 Å². The van der Waals surface area contributed by atoms with Gasteiger partial charge in [0.25, 0.3) is 0 Å². The van der Waals surface area contributed by atoms with Crippen LogP contribution in [0.2, 0.25) is 0 Å². The highest BCUT2D eigenvalue weighted by Crippen LogP contribution is 2.33. The maximum Gasteiger partial charge on any atom is 0.313 e. The second-order valence-corrected chi connectivity index (χ2v) is 9.21. The second-order valence-electron chi connectivity index (χ2n) is 8.27. The minimum Gasteiger partial charge on any atom is -0.466 e. The van der Waals surface area contributed by atoms with Crippen LogP contribution in [0.4, 0.5) is 0 Å². The monoisotopic (exact) mass is 422 g/mol. The Kier molecular flexibility index (Phi) is 8.39. The molecule has 0 aliphatic heterocycles. The van der Waals surface area contributed by atoms with E-state index in [-0.39, 0.29) is 24.3 Å². The first-order valence-electron chi connectivity index (χ1n) is 11.1. The normalized spacial score (nSPS) is 23.0. The Labute approximate surface area is 177 Å². The van der Waals surface area contributed by atoms with Crippen LogP contribution in [0.3, 0.4) is 0 Å². The van der Waals surface area contributed by atoms with Gasteiger partial charge in [0.1, 0.15) is 12.2 Å². The van der Waals surface area contributed by atoms with Gasteiger partial charge in [-0.15, -0.1) is 10.2 Å². The van der Waals surface area contributed by atoms with Crippen LogP contribution in [0, 0.1) is 5.92 Å². The Morgan fingerprint density at radius 2 is 1.83 bits per heavy atom. The number of nitrogens with zero attached hydrogens (tertiary/aromatic N) is 3. The van der Waals surface area contributed by atoms with Crippen molar-refractivity contribution in [2.75, 3.05) is 12.4 Å². The van der Waals surface area contributed by atoms with Crippen molar-refractivity contribution in [2.24, 2.45) is 5.92 Å². The number of esters is 1. The van der Waals surface area contributed by atoms with Gasteiger partial charge in [0, 0.05) is 12.1 Å². The minimum atomic E-state index is -0.280. The van der Waals surface area contributed by atoms with E-state index in [1.165, 1.54) is 50.3 Å². The summed E-state index contributed by atoms with van der Waals surface area (Å²) < 4.78 is 7.19. The number of carbonyl (C=O) groups excluding carboxylic acids is 2. The number of hydrogen-bond donors (Lipinski definition) is 1. The first-order valence-corrected chi connectivity index (χ1v) is 12.1. The van der Waals surface area contributed by atoms with Crippen LogP contribution in [0.1, 0.15) is 83.5 Å². The molecule has 2 fully saturated rings. The topological polar surface area (TPSA) is 86.1 Å². The summed E-state index contributed by atoms with van der Waals surface area (Å²) in [4.78, 5) is 24.5. The van der Waals surface area contributed by atoms with Crippen LogP contribution in [-0.4, -0.2) is 45.0 Å². The molecule has 3 rings (SSSR count). The fraction of sp³-hybridized carbons (Fsp3) is 0.810. The largest absolute Gasteiger partial charge is 0.466 e. The third kappa shape index (κ3) is 6.20. The number of carbonyl (C=O) groups is 2. The van der Waals surface area contributed by atoms with Gasteiger partial charge in [-0.1, -0.05) is 50.8 Å². The smallest absolute Gasteiger partial charge is 0.313 e. The number of amides is 1. The SMILES string of the molecule is CCOC(=O)Cc1nnc(SCC(=O)N[C@@H]2CCCC[C@H]2C)n1C1CCCCC1. The van der Waals surface area contributed by atoms with E-state index >= 15 is 0 Å². The van der Waals surface area contributed by atoms with Gasteiger partial charge in [-0.2, -0.15) is 0 Å². The van der Waals surface area contributed by atoms with E-state index in [9.17, 15) is 9.59 Å². The molecule has 0 aromatic carbocycles. The molecule has 0 unspecified atom stereocenters. The molecule has 2 atom stereocenters. The van der Waals surface area contributed by atoms with Gasteiger partial charge in [0.15, 0.2) is 5.16 Å². The molecule has 2 aliphatic carbocycles. The molecular weight excluding hydrogens is 388 g/mol. The number of aromatic nitrogens is 3.